The molecule has 0 spiro atoms. The summed E-state index contributed by atoms with van der Waals surface area (Å²) in [5, 5.41) is 13.9. The fourth-order valence-corrected chi connectivity index (χ4v) is 4.26. The van der Waals surface area contributed by atoms with Gasteiger partial charge in [0.05, 0.1) is 23.2 Å². The molecule has 1 N–H and O–H groups in total. The number of rotatable bonds is 3. The second-order valence-electron chi connectivity index (χ2n) is 7.43. The Kier molecular flexibility index (Phi) is 4.03. The molecule has 10 heteroatoms. The van der Waals surface area contributed by atoms with Crippen LogP contribution in [0.15, 0.2) is 53.3 Å². The molecule has 0 radical (unpaired) electrons. The molecule has 0 fully saturated rings. The van der Waals surface area contributed by atoms with E-state index in [9.17, 15) is 0 Å². The summed E-state index contributed by atoms with van der Waals surface area (Å²) >= 11 is 6.35. The van der Waals surface area contributed by atoms with E-state index in [-0.39, 0.29) is 6.04 Å². The van der Waals surface area contributed by atoms with Crippen LogP contribution in [-0.2, 0) is 6.42 Å². The molecule has 0 aromatic carbocycles. The van der Waals surface area contributed by atoms with E-state index in [0.717, 1.165) is 34.6 Å². The molecule has 5 aromatic rings. The van der Waals surface area contributed by atoms with Gasteiger partial charge in [0.15, 0.2) is 0 Å². The number of hydrogen-bond acceptors (Lipinski definition) is 7. The molecule has 1 aliphatic rings. The number of fused-ring (bicyclic) bond motifs is 2. The van der Waals surface area contributed by atoms with Gasteiger partial charge in [0, 0.05) is 24.9 Å². The lowest BCUT2D eigenvalue weighted by Crippen LogP contribution is -2.36. The Balaban J connectivity index is 1.46. The van der Waals surface area contributed by atoms with Crippen molar-refractivity contribution in [1.29, 1.82) is 0 Å². The first-order valence-electron chi connectivity index (χ1n) is 9.87. The Morgan fingerprint density at radius 1 is 1.16 bits per heavy atom. The number of anilines is 1. The number of hydrogen-bond donors (Lipinski definition) is 1. The third-order valence-electron chi connectivity index (χ3n) is 5.54. The Morgan fingerprint density at radius 2 is 2.10 bits per heavy atom. The van der Waals surface area contributed by atoms with Crippen molar-refractivity contribution in [2.75, 3.05) is 11.4 Å². The van der Waals surface area contributed by atoms with Gasteiger partial charge in [-0.25, -0.2) is 9.50 Å². The lowest BCUT2D eigenvalue weighted by atomic mass is 10.0. The van der Waals surface area contributed by atoms with Crippen LogP contribution in [0.2, 0.25) is 5.15 Å². The molecular weight excluding hydrogens is 416 g/mol. The number of aromatic amines is 1. The molecule has 154 valence electrons. The summed E-state index contributed by atoms with van der Waals surface area (Å²) in [6, 6.07) is 11.6. The van der Waals surface area contributed by atoms with E-state index in [0.29, 0.717) is 29.3 Å². The normalized spacial score (nSPS) is 16.1. The second kappa shape index (κ2) is 6.92. The second-order valence-corrected chi connectivity index (χ2v) is 7.81. The number of nitrogens with zero attached hydrogens (tertiary/aromatic N) is 7. The molecule has 6 rings (SSSR count). The Hall–Kier alpha value is -3.72. The SMILES string of the molecule is Cc1cccnc1-c1nnc(N2CCc3[nH]cnc3C2c2cc3cccc(Cl)n3n2)o1. The average molecular weight is 433 g/mol. The van der Waals surface area contributed by atoms with Gasteiger partial charge < -0.3 is 14.3 Å². The quantitative estimate of drug-likeness (QED) is 0.434. The number of aryl methyl sites for hydroxylation is 1. The predicted octanol–water partition coefficient (Wildman–Crippen LogP) is 3.62. The first-order chi connectivity index (χ1) is 15.2. The van der Waals surface area contributed by atoms with Crippen LogP contribution in [0.25, 0.3) is 17.1 Å². The van der Waals surface area contributed by atoms with Crippen LogP contribution >= 0.6 is 11.6 Å². The summed E-state index contributed by atoms with van der Waals surface area (Å²) in [7, 11) is 0. The molecule has 31 heavy (non-hydrogen) atoms. The third-order valence-corrected chi connectivity index (χ3v) is 5.82. The Bertz CT molecular complexity index is 1400. The van der Waals surface area contributed by atoms with Crippen LogP contribution in [0.1, 0.15) is 28.7 Å². The molecule has 0 saturated carbocycles. The van der Waals surface area contributed by atoms with Crippen molar-refractivity contribution in [1.82, 2.24) is 34.8 Å². The molecule has 5 aromatic heterocycles. The highest BCUT2D eigenvalue weighted by Crippen LogP contribution is 2.37. The van der Waals surface area contributed by atoms with Gasteiger partial charge in [-0.05, 0) is 36.8 Å². The number of aromatic nitrogens is 7. The maximum absolute atomic E-state index is 6.35. The minimum atomic E-state index is -0.288. The van der Waals surface area contributed by atoms with Crippen LogP contribution in [-0.4, -0.2) is 41.3 Å². The van der Waals surface area contributed by atoms with E-state index in [2.05, 4.69) is 25.1 Å². The smallest absolute Gasteiger partial charge is 0.319 e. The van der Waals surface area contributed by atoms with Crippen LogP contribution in [0.3, 0.4) is 0 Å². The molecule has 0 amide bonds. The topological polar surface area (TPSA) is 101 Å². The minimum Gasteiger partial charge on any atom is -0.402 e. The molecule has 1 unspecified atom stereocenters. The molecule has 0 bridgehead atoms. The largest absolute Gasteiger partial charge is 0.402 e. The maximum Gasteiger partial charge on any atom is 0.319 e. The van der Waals surface area contributed by atoms with Crippen molar-refractivity contribution in [3.63, 3.8) is 0 Å². The zero-order valence-corrected chi connectivity index (χ0v) is 17.3. The highest BCUT2D eigenvalue weighted by atomic mass is 35.5. The first-order valence-corrected chi connectivity index (χ1v) is 10.3. The summed E-state index contributed by atoms with van der Waals surface area (Å²) in [5.41, 5.74) is 5.31. The lowest BCUT2D eigenvalue weighted by molar-refractivity contribution is 0.502. The van der Waals surface area contributed by atoms with E-state index in [4.69, 9.17) is 21.1 Å². The van der Waals surface area contributed by atoms with Gasteiger partial charge in [-0.3, -0.25) is 4.98 Å². The van der Waals surface area contributed by atoms with E-state index < -0.39 is 0 Å². The third kappa shape index (κ3) is 2.89. The number of halogens is 1. The zero-order chi connectivity index (χ0) is 20.9. The van der Waals surface area contributed by atoms with Crippen LogP contribution in [0, 0.1) is 6.92 Å². The summed E-state index contributed by atoms with van der Waals surface area (Å²) in [6.07, 6.45) is 4.20. The van der Waals surface area contributed by atoms with Gasteiger partial charge in [0.25, 0.3) is 5.89 Å². The zero-order valence-electron chi connectivity index (χ0n) is 16.5. The molecule has 9 nitrogen and oxygen atoms in total. The van der Waals surface area contributed by atoms with Crippen molar-refractivity contribution < 1.29 is 4.42 Å². The lowest BCUT2D eigenvalue weighted by Gasteiger charge is -2.32. The summed E-state index contributed by atoms with van der Waals surface area (Å²) < 4.78 is 7.79. The van der Waals surface area contributed by atoms with Gasteiger partial charge in [0.1, 0.15) is 16.9 Å². The maximum atomic E-state index is 6.35. The molecule has 0 saturated heterocycles. The van der Waals surface area contributed by atoms with Crippen molar-refractivity contribution in [3.8, 4) is 11.6 Å². The van der Waals surface area contributed by atoms with E-state index in [1.165, 1.54) is 0 Å². The van der Waals surface area contributed by atoms with Crippen LogP contribution in [0.4, 0.5) is 6.01 Å². The molecule has 1 aliphatic heterocycles. The fraction of sp³-hybridized carbons (Fsp3) is 0.190. The standard InChI is InChI=1S/C21H17ClN8O/c1-12-4-3-8-23-17(12)20-26-27-21(31-20)29-9-7-14-18(25-11-24-14)19(29)15-10-13-5-2-6-16(22)30(13)28-15/h2-6,8,10-11,19H,7,9H2,1H3,(H,24,25). The summed E-state index contributed by atoms with van der Waals surface area (Å²) in [4.78, 5) is 14.2. The minimum absolute atomic E-state index is 0.288. The summed E-state index contributed by atoms with van der Waals surface area (Å²) in [5.74, 6) is 0.387. The Labute approximate surface area is 181 Å². The van der Waals surface area contributed by atoms with Crippen molar-refractivity contribution in [2.45, 2.75) is 19.4 Å². The highest BCUT2D eigenvalue weighted by molar-refractivity contribution is 6.29. The van der Waals surface area contributed by atoms with Gasteiger partial charge in [-0.15, -0.1) is 5.10 Å². The first kappa shape index (κ1) is 18.1. The molecule has 1 atom stereocenters. The van der Waals surface area contributed by atoms with E-state index >= 15 is 0 Å². The van der Waals surface area contributed by atoms with E-state index in [1.54, 1.807) is 17.0 Å². The summed E-state index contributed by atoms with van der Waals surface area (Å²) in [6.45, 7) is 2.64. The van der Waals surface area contributed by atoms with Gasteiger partial charge in [-0.1, -0.05) is 28.8 Å². The molecule has 0 aliphatic carbocycles. The van der Waals surface area contributed by atoms with Gasteiger partial charge >= 0.3 is 6.01 Å². The number of pyridine rings is 2. The fourth-order valence-electron chi connectivity index (χ4n) is 4.05. The van der Waals surface area contributed by atoms with Crippen LogP contribution < -0.4 is 4.90 Å². The van der Waals surface area contributed by atoms with Crippen molar-refractivity contribution >= 4 is 23.1 Å². The van der Waals surface area contributed by atoms with Crippen molar-refractivity contribution in [2.24, 2.45) is 0 Å². The van der Waals surface area contributed by atoms with Crippen LogP contribution in [0.5, 0.6) is 0 Å². The number of nitrogens with one attached hydrogen (secondary N) is 1. The Morgan fingerprint density at radius 3 is 2.97 bits per heavy atom. The number of H-pyrrole nitrogens is 1. The molecule has 6 heterocycles. The van der Waals surface area contributed by atoms with Crippen molar-refractivity contribution in [3.05, 3.63) is 76.7 Å². The predicted molar refractivity (Wildman–Crippen MR) is 114 cm³/mol. The number of imidazole rings is 1. The van der Waals surface area contributed by atoms with Gasteiger partial charge in [0.2, 0.25) is 0 Å². The molecular formula is C21H17ClN8O. The highest BCUT2D eigenvalue weighted by Gasteiger charge is 2.36. The van der Waals surface area contributed by atoms with Gasteiger partial charge in [-0.2, -0.15) is 5.10 Å². The van der Waals surface area contributed by atoms with E-state index in [1.807, 2.05) is 48.2 Å². The average Bonchev–Trinajstić information content (AvgIpc) is 3.52. The monoisotopic (exact) mass is 432 g/mol.